The van der Waals surface area contributed by atoms with Crippen molar-refractivity contribution < 1.29 is 9.66 Å². The molecule has 1 heterocycles. The van der Waals surface area contributed by atoms with E-state index in [-0.39, 0.29) is 17.6 Å². The second-order valence-electron chi connectivity index (χ2n) is 3.50. The van der Waals surface area contributed by atoms with Gasteiger partial charge in [0, 0.05) is 19.2 Å². The maximum Gasteiger partial charge on any atom is 0.311 e. The number of ether oxygens (including phenoxy) is 1. The van der Waals surface area contributed by atoms with E-state index in [1.54, 1.807) is 0 Å². The maximum atomic E-state index is 10.5. The number of nitrogens with two attached hydrogens (primary N) is 1. The molecule has 0 fully saturated rings. The molecule has 1 rings (SSSR count). The molecule has 0 aromatic carbocycles. The zero-order valence-electron chi connectivity index (χ0n) is 9.84. The van der Waals surface area contributed by atoms with E-state index >= 15 is 0 Å². The van der Waals surface area contributed by atoms with Crippen molar-refractivity contribution in [3.05, 3.63) is 22.2 Å². The molecule has 0 saturated heterocycles. The molecule has 0 aliphatic heterocycles. The second-order valence-corrected chi connectivity index (χ2v) is 3.50. The van der Waals surface area contributed by atoms with Gasteiger partial charge in [-0.1, -0.05) is 0 Å². The van der Waals surface area contributed by atoms with Crippen molar-refractivity contribution in [3.63, 3.8) is 0 Å². The Bertz CT molecular complexity index is 397. The number of hydrogen-bond acceptors (Lipinski definition) is 6. The lowest BCUT2D eigenvalue weighted by Crippen LogP contribution is -2.20. The average Bonchev–Trinajstić information content (AvgIpc) is 2.26. The molecule has 0 saturated carbocycles. The summed E-state index contributed by atoms with van der Waals surface area (Å²) < 4.78 is 5.33. The lowest BCUT2D eigenvalue weighted by atomic mass is 10.3. The number of nitro groups is 1. The Labute approximate surface area is 99.1 Å². The molecule has 7 nitrogen and oxygen atoms in total. The molecule has 0 aliphatic rings. The van der Waals surface area contributed by atoms with Crippen LogP contribution in [0, 0.1) is 10.1 Å². The highest BCUT2D eigenvalue weighted by atomic mass is 16.6. The molecule has 17 heavy (non-hydrogen) atoms. The first-order chi connectivity index (χ1) is 8.04. The van der Waals surface area contributed by atoms with Crippen LogP contribution >= 0.6 is 0 Å². The van der Waals surface area contributed by atoms with Gasteiger partial charge in [0.15, 0.2) is 0 Å². The van der Waals surface area contributed by atoms with Crippen LogP contribution in [0.5, 0.6) is 0 Å². The van der Waals surface area contributed by atoms with E-state index in [1.165, 1.54) is 12.1 Å². The smallest absolute Gasteiger partial charge is 0.311 e. The zero-order valence-corrected chi connectivity index (χ0v) is 9.84. The van der Waals surface area contributed by atoms with E-state index in [0.717, 1.165) is 0 Å². The summed E-state index contributed by atoms with van der Waals surface area (Å²) in [4.78, 5) is 13.9. The minimum absolute atomic E-state index is 0.0400. The van der Waals surface area contributed by atoms with Crippen molar-refractivity contribution in [2.24, 2.45) is 0 Å². The summed E-state index contributed by atoms with van der Waals surface area (Å²) in [6.07, 6.45) is 0.0400. The largest absolute Gasteiger partial charge is 0.378 e. The van der Waals surface area contributed by atoms with E-state index in [1.807, 2.05) is 13.8 Å². The first-order valence-electron chi connectivity index (χ1n) is 5.31. The molecule has 94 valence electrons. The third-order valence-electron chi connectivity index (χ3n) is 2.12. The monoisotopic (exact) mass is 240 g/mol. The van der Waals surface area contributed by atoms with Gasteiger partial charge >= 0.3 is 5.69 Å². The van der Waals surface area contributed by atoms with E-state index in [0.29, 0.717) is 19.0 Å². The SMILES string of the molecule is CCOC(C)CNc1ccc([N+](=O)[O-])c(N)n1. The molecule has 1 unspecified atom stereocenters. The van der Waals surface area contributed by atoms with Crippen molar-refractivity contribution >= 4 is 17.3 Å². The number of pyridine rings is 1. The highest BCUT2D eigenvalue weighted by Crippen LogP contribution is 2.20. The molecular weight excluding hydrogens is 224 g/mol. The number of nitrogens with zero attached hydrogens (tertiary/aromatic N) is 2. The van der Waals surface area contributed by atoms with Crippen LogP contribution in [-0.4, -0.2) is 29.2 Å². The minimum Gasteiger partial charge on any atom is -0.378 e. The van der Waals surface area contributed by atoms with Crippen LogP contribution in [-0.2, 0) is 4.74 Å². The van der Waals surface area contributed by atoms with Gasteiger partial charge in [0.2, 0.25) is 5.82 Å². The van der Waals surface area contributed by atoms with Gasteiger partial charge in [-0.25, -0.2) is 4.98 Å². The fraction of sp³-hybridized carbons (Fsp3) is 0.500. The molecule has 3 N–H and O–H groups in total. The number of rotatable bonds is 6. The van der Waals surface area contributed by atoms with Crippen LogP contribution in [0.2, 0.25) is 0 Å². The lowest BCUT2D eigenvalue weighted by Gasteiger charge is -2.12. The van der Waals surface area contributed by atoms with Crippen LogP contribution < -0.4 is 11.1 Å². The van der Waals surface area contributed by atoms with Gasteiger partial charge in [-0.15, -0.1) is 0 Å². The molecule has 1 aromatic rings. The number of aromatic nitrogens is 1. The van der Waals surface area contributed by atoms with E-state index in [9.17, 15) is 10.1 Å². The van der Waals surface area contributed by atoms with Gasteiger partial charge in [-0.3, -0.25) is 10.1 Å². The van der Waals surface area contributed by atoms with E-state index < -0.39 is 4.92 Å². The molecule has 0 amide bonds. The number of anilines is 2. The van der Waals surface area contributed by atoms with Crippen LogP contribution in [0.3, 0.4) is 0 Å². The van der Waals surface area contributed by atoms with Gasteiger partial charge in [0.25, 0.3) is 0 Å². The fourth-order valence-electron chi connectivity index (χ4n) is 1.31. The highest BCUT2D eigenvalue weighted by Gasteiger charge is 2.12. The Morgan fingerprint density at radius 2 is 2.35 bits per heavy atom. The van der Waals surface area contributed by atoms with Gasteiger partial charge < -0.3 is 15.8 Å². The van der Waals surface area contributed by atoms with Crippen molar-refractivity contribution in [2.75, 3.05) is 24.2 Å². The third-order valence-corrected chi connectivity index (χ3v) is 2.12. The molecular formula is C10H16N4O3. The third kappa shape index (κ3) is 3.87. The number of nitrogens with one attached hydrogen (secondary N) is 1. The molecule has 1 atom stereocenters. The molecule has 0 aliphatic carbocycles. The Balaban J connectivity index is 2.62. The summed E-state index contributed by atoms with van der Waals surface area (Å²) in [5, 5.41) is 13.5. The summed E-state index contributed by atoms with van der Waals surface area (Å²) >= 11 is 0. The first-order valence-corrected chi connectivity index (χ1v) is 5.31. The van der Waals surface area contributed by atoms with Crippen molar-refractivity contribution in [2.45, 2.75) is 20.0 Å². The van der Waals surface area contributed by atoms with Crippen molar-refractivity contribution in [1.29, 1.82) is 0 Å². The fourth-order valence-corrected chi connectivity index (χ4v) is 1.31. The van der Waals surface area contributed by atoms with Crippen molar-refractivity contribution in [3.8, 4) is 0 Å². The average molecular weight is 240 g/mol. The Hall–Kier alpha value is -1.89. The van der Waals surface area contributed by atoms with E-state index in [2.05, 4.69) is 10.3 Å². The Kier molecular flexibility index (Phi) is 4.65. The molecule has 1 aromatic heterocycles. The molecule has 0 bridgehead atoms. The Morgan fingerprint density at radius 3 is 2.88 bits per heavy atom. The minimum atomic E-state index is -0.561. The summed E-state index contributed by atoms with van der Waals surface area (Å²) in [7, 11) is 0. The van der Waals surface area contributed by atoms with Gasteiger partial charge in [0.05, 0.1) is 11.0 Å². The van der Waals surface area contributed by atoms with Crippen molar-refractivity contribution in [1.82, 2.24) is 4.98 Å². The van der Waals surface area contributed by atoms with Crippen LogP contribution in [0.4, 0.5) is 17.3 Å². The molecule has 7 heteroatoms. The number of nitrogen functional groups attached to an aromatic ring is 1. The summed E-state index contributed by atoms with van der Waals surface area (Å²) in [6, 6.07) is 2.85. The predicted octanol–water partition coefficient (Wildman–Crippen LogP) is 1.41. The number of hydrogen-bond donors (Lipinski definition) is 2. The second kappa shape index (κ2) is 6.00. The van der Waals surface area contributed by atoms with Gasteiger partial charge in [-0.05, 0) is 19.9 Å². The highest BCUT2D eigenvalue weighted by molar-refractivity contribution is 5.57. The topological polar surface area (TPSA) is 103 Å². The van der Waals surface area contributed by atoms with Crippen LogP contribution in [0.25, 0.3) is 0 Å². The maximum absolute atomic E-state index is 10.5. The summed E-state index contributed by atoms with van der Waals surface area (Å²) in [5.74, 6) is 0.406. The zero-order chi connectivity index (χ0) is 12.8. The summed E-state index contributed by atoms with van der Waals surface area (Å²) in [5.41, 5.74) is 5.28. The Morgan fingerprint density at radius 1 is 1.65 bits per heavy atom. The standard InChI is InChI=1S/C10H16N4O3/c1-3-17-7(2)6-12-9-5-4-8(14(15)16)10(11)13-9/h4-5,7H,3,6H2,1-2H3,(H3,11,12,13). The van der Waals surface area contributed by atoms with Gasteiger partial charge in [0.1, 0.15) is 5.82 Å². The molecule has 0 radical (unpaired) electrons. The summed E-state index contributed by atoms with van der Waals surface area (Å²) in [6.45, 7) is 5.04. The van der Waals surface area contributed by atoms with Crippen LogP contribution in [0.1, 0.15) is 13.8 Å². The van der Waals surface area contributed by atoms with Crippen LogP contribution in [0.15, 0.2) is 12.1 Å². The first kappa shape index (κ1) is 13.2. The quantitative estimate of drug-likeness (QED) is 0.575. The lowest BCUT2D eigenvalue weighted by molar-refractivity contribution is -0.384. The normalized spacial score (nSPS) is 12.1. The van der Waals surface area contributed by atoms with E-state index in [4.69, 9.17) is 10.5 Å². The molecule has 0 spiro atoms. The van der Waals surface area contributed by atoms with Gasteiger partial charge in [-0.2, -0.15) is 0 Å². The predicted molar refractivity (Wildman–Crippen MR) is 64.9 cm³/mol.